The molecule has 205 valence electrons. The molecule has 0 saturated carbocycles. The zero-order valence-electron chi connectivity index (χ0n) is 21.2. The van der Waals surface area contributed by atoms with E-state index in [2.05, 4.69) is 20.0 Å². The zero-order chi connectivity index (χ0) is 26.5. The largest absolute Gasteiger partial charge is 2.00 e. The van der Waals surface area contributed by atoms with Crippen LogP contribution in [0.2, 0.25) is 0 Å². The molecule has 1 radical (unpaired) electrons. The Morgan fingerprint density at radius 3 is 1.40 bits per heavy atom. The molecule has 0 unspecified atom stereocenters. The van der Waals surface area contributed by atoms with E-state index in [-0.39, 0.29) is 41.3 Å². The number of carbonyl (C=O) groups is 2. The first-order valence-corrected chi connectivity index (χ1v) is 13.2. The number of halogens is 1. The third-order valence-electron chi connectivity index (χ3n) is 5.33. The maximum absolute atomic E-state index is 11.9. The van der Waals surface area contributed by atoms with Gasteiger partial charge in [0, 0.05) is 23.5 Å². The molecule has 8 nitrogen and oxygen atoms in total. The monoisotopic (exact) mass is 636 g/mol. The molecule has 0 atom stereocenters. The minimum Gasteiger partial charge on any atom is -1.00 e. The van der Waals surface area contributed by atoms with Crippen molar-refractivity contribution in [3.8, 4) is 0 Å². The Labute approximate surface area is 254 Å². The summed E-state index contributed by atoms with van der Waals surface area (Å²) in [6, 6.07) is 25.9. The van der Waals surface area contributed by atoms with Crippen molar-refractivity contribution < 1.29 is 39.1 Å². The maximum atomic E-state index is 11.9. The van der Waals surface area contributed by atoms with Gasteiger partial charge in [-0.3, -0.25) is 17.2 Å². The Morgan fingerprint density at radius 1 is 0.650 bits per heavy atom. The topological polar surface area (TPSA) is 93.5 Å². The first kappa shape index (κ1) is 30.8. The van der Waals surface area contributed by atoms with Crippen molar-refractivity contribution in [2.24, 2.45) is 9.98 Å². The van der Waals surface area contributed by atoms with Crippen LogP contribution in [0.1, 0.15) is 31.8 Å². The van der Waals surface area contributed by atoms with Crippen LogP contribution in [-0.2, 0) is 17.1 Å². The van der Waals surface area contributed by atoms with E-state index in [1.165, 1.54) is 23.1 Å². The first-order valence-electron chi connectivity index (χ1n) is 11.7. The normalized spacial score (nSPS) is 11.3. The number of aryl methyl sites for hydroxylation is 2. The molecule has 40 heavy (non-hydrogen) atoms. The summed E-state index contributed by atoms with van der Waals surface area (Å²) in [5.41, 5.74) is 5.03. The van der Waals surface area contributed by atoms with Gasteiger partial charge in [0.05, 0.1) is 0 Å². The van der Waals surface area contributed by atoms with Crippen molar-refractivity contribution in [1.82, 2.24) is 17.5 Å². The Morgan fingerprint density at radius 2 is 1.02 bits per heavy atom. The summed E-state index contributed by atoms with van der Waals surface area (Å²) >= 11 is 2.69. The maximum Gasteiger partial charge on any atom is 2.00 e. The summed E-state index contributed by atoms with van der Waals surface area (Å²) in [6.07, 6.45) is 3.85. The van der Waals surface area contributed by atoms with Crippen LogP contribution in [0.3, 0.4) is 0 Å². The third kappa shape index (κ3) is 7.68. The fraction of sp³-hybridized carbons (Fsp3) is 0.0714. The van der Waals surface area contributed by atoms with E-state index in [1.54, 1.807) is 24.3 Å². The molecule has 0 spiro atoms. The molecule has 2 aromatic carbocycles. The number of carbonyl (C=O) groups excluding carboxylic acids is 2. The van der Waals surface area contributed by atoms with Gasteiger partial charge >= 0.3 is 17.1 Å². The summed E-state index contributed by atoms with van der Waals surface area (Å²) in [7, 11) is 0. The summed E-state index contributed by atoms with van der Waals surface area (Å²) < 4.78 is 3.79. The second kappa shape index (κ2) is 14.1. The number of nitrogens with zero attached hydrogens (tertiary/aromatic N) is 6. The Kier molecular flexibility index (Phi) is 10.8. The average Bonchev–Trinajstić information content (AvgIpc) is 3.52. The van der Waals surface area contributed by atoms with Crippen LogP contribution in [0.4, 0.5) is 0 Å². The van der Waals surface area contributed by atoms with Crippen molar-refractivity contribution in [2.45, 2.75) is 13.8 Å². The molecular formula is C28H22ClCuN6O2S2+. The van der Waals surface area contributed by atoms with E-state index in [1.807, 2.05) is 94.5 Å². The minimum absolute atomic E-state index is 0. The van der Waals surface area contributed by atoms with Crippen LogP contribution in [0.5, 0.6) is 0 Å². The fourth-order valence-corrected chi connectivity index (χ4v) is 4.92. The number of pyridine rings is 2. The Hall–Kier alpha value is -3.73. The van der Waals surface area contributed by atoms with E-state index in [4.69, 9.17) is 0 Å². The van der Waals surface area contributed by atoms with E-state index >= 15 is 0 Å². The third-order valence-corrected chi connectivity index (χ3v) is 7.03. The number of hydrogen-bond donors (Lipinski definition) is 0. The molecule has 12 heteroatoms. The van der Waals surface area contributed by atoms with Crippen molar-refractivity contribution in [3.05, 3.63) is 129 Å². The van der Waals surface area contributed by atoms with Crippen molar-refractivity contribution in [1.29, 1.82) is 0 Å². The zero-order valence-corrected chi connectivity index (χ0v) is 24.6. The SMILES string of the molecule is Cc1ccn2sc(=NC(=O)c3ccccc3)nc2c1.Cc1ccn2sc(=NC(=O)c3ccccc3)nc2c1.[Cl-].[Cu+2]. The fourth-order valence-electron chi connectivity index (χ4n) is 3.44. The van der Waals surface area contributed by atoms with E-state index in [9.17, 15) is 9.59 Å². The predicted molar refractivity (Wildman–Crippen MR) is 148 cm³/mol. The van der Waals surface area contributed by atoms with Crippen molar-refractivity contribution in [2.75, 3.05) is 0 Å². The summed E-state index contributed by atoms with van der Waals surface area (Å²) in [6.45, 7) is 4.01. The molecule has 6 aromatic rings. The summed E-state index contributed by atoms with van der Waals surface area (Å²) in [5, 5.41) is 0. The minimum atomic E-state index is -0.267. The van der Waals surface area contributed by atoms with Crippen LogP contribution in [0, 0.1) is 13.8 Å². The number of amides is 2. The molecule has 0 fully saturated rings. The van der Waals surface area contributed by atoms with Crippen molar-refractivity contribution in [3.63, 3.8) is 0 Å². The van der Waals surface area contributed by atoms with Crippen LogP contribution < -0.4 is 22.0 Å². The Bertz CT molecular complexity index is 1760. The van der Waals surface area contributed by atoms with Crippen LogP contribution in [0.15, 0.2) is 107 Å². The van der Waals surface area contributed by atoms with Gasteiger partial charge < -0.3 is 12.4 Å². The quantitative estimate of drug-likeness (QED) is 0.271. The molecule has 4 heterocycles. The van der Waals surface area contributed by atoms with Crippen LogP contribution in [-0.4, -0.2) is 29.4 Å². The van der Waals surface area contributed by atoms with Crippen LogP contribution >= 0.6 is 23.1 Å². The molecule has 0 aliphatic rings. The second-order valence-corrected chi connectivity index (χ2v) is 10.2. The van der Waals surface area contributed by atoms with Crippen LogP contribution in [0.25, 0.3) is 11.3 Å². The van der Waals surface area contributed by atoms with Crippen molar-refractivity contribution >= 4 is 46.2 Å². The van der Waals surface area contributed by atoms with Gasteiger partial charge in [-0.25, -0.2) is 0 Å². The smallest absolute Gasteiger partial charge is 1.00 e. The van der Waals surface area contributed by atoms with E-state index in [0.29, 0.717) is 20.7 Å². The summed E-state index contributed by atoms with van der Waals surface area (Å²) in [4.78, 5) is 41.6. The Balaban J connectivity index is 0.000000210. The van der Waals surface area contributed by atoms with Gasteiger partial charge in [0.1, 0.15) is 11.3 Å². The molecule has 2 amide bonds. The molecule has 4 aromatic heterocycles. The molecule has 0 saturated heterocycles. The standard InChI is InChI=1S/2C14H11N3OS.ClH.Cu/c2*1-10-7-8-17-12(9-10)15-14(19-17)16-13(18)11-5-3-2-4-6-11;;/h2*2-9H,1H3;1H;/q;;;+2/p-1. The van der Waals surface area contributed by atoms with Gasteiger partial charge in [0.15, 0.2) is 0 Å². The molecule has 0 aliphatic heterocycles. The van der Waals surface area contributed by atoms with Gasteiger partial charge in [-0.05, 0) is 96.6 Å². The molecule has 6 rings (SSSR count). The molecule has 0 N–H and O–H groups in total. The number of fused-ring (bicyclic) bond motifs is 2. The number of aromatic nitrogens is 4. The van der Waals surface area contributed by atoms with E-state index < -0.39 is 0 Å². The van der Waals surface area contributed by atoms with Gasteiger partial charge in [-0.2, -0.15) is 20.0 Å². The number of rotatable bonds is 2. The van der Waals surface area contributed by atoms with Gasteiger partial charge in [-0.1, -0.05) is 36.4 Å². The second-order valence-electron chi connectivity index (χ2n) is 8.31. The number of benzene rings is 2. The van der Waals surface area contributed by atoms with E-state index in [0.717, 1.165) is 22.4 Å². The molecular weight excluding hydrogens is 615 g/mol. The first-order chi connectivity index (χ1) is 18.4. The molecule has 0 bridgehead atoms. The van der Waals surface area contributed by atoms with Gasteiger partial charge in [0.25, 0.3) is 11.8 Å². The van der Waals surface area contributed by atoms with Gasteiger partial charge in [-0.15, -0.1) is 0 Å². The summed E-state index contributed by atoms with van der Waals surface area (Å²) in [5.74, 6) is -0.533. The average molecular weight is 638 g/mol. The predicted octanol–water partition coefficient (Wildman–Crippen LogP) is 1.89. The number of hydrogen-bond acceptors (Lipinski definition) is 6. The molecule has 0 aliphatic carbocycles. The van der Waals surface area contributed by atoms with Gasteiger partial charge in [0.2, 0.25) is 9.60 Å².